The van der Waals surface area contributed by atoms with Crippen LogP contribution in [0.25, 0.3) is 10.8 Å². The molecule has 0 fully saturated rings. The van der Waals surface area contributed by atoms with E-state index in [2.05, 4.69) is 15.9 Å². The predicted molar refractivity (Wildman–Crippen MR) is 64.8 cm³/mol. The van der Waals surface area contributed by atoms with Crippen LogP contribution < -0.4 is 4.74 Å². The lowest BCUT2D eigenvalue weighted by atomic mass is 10.1. The first-order valence-corrected chi connectivity index (χ1v) is 5.48. The van der Waals surface area contributed by atoms with Gasteiger partial charge in [-0.05, 0) is 35.0 Å². The van der Waals surface area contributed by atoms with Crippen molar-refractivity contribution in [2.75, 3.05) is 6.61 Å². The van der Waals surface area contributed by atoms with Gasteiger partial charge in [-0.2, -0.15) is 0 Å². The molecule has 16 heavy (non-hydrogen) atoms. The van der Waals surface area contributed by atoms with Crippen LogP contribution in [-0.4, -0.2) is 17.7 Å². The third-order valence-electron chi connectivity index (χ3n) is 2.14. The number of halogens is 1. The highest BCUT2D eigenvalue weighted by Crippen LogP contribution is 2.24. The summed E-state index contributed by atoms with van der Waals surface area (Å²) in [5.41, 5.74) is 0. The Bertz CT molecular complexity index is 537. The Morgan fingerprint density at radius 2 is 1.94 bits per heavy atom. The molecule has 2 aromatic rings. The Kier molecular flexibility index (Phi) is 3.10. The molecule has 3 nitrogen and oxygen atoms in total. The molecular formula is C12H9BrO3. The highest BCUT2D eigenvalue weighted by Gasteiger charge is 2.01. The summed E-state index contributed by atoms with van der Waals surface area (Å²) in [6.07, 6.45) is 0. The number of fused-ring (bicyclic) bond motifs is 1. The number of ether oxygens (including phenoxy) is 1. The first kappa shape index (κ1) is 11.0. The van der Waals surface area contributed by atoms with E-state index in [4.69, 9.17) is 9.84 Å². The van der Waals surface area contributed by atoms with E-state index in [-0.39, 0.29) is 6.61 Å². The zero-order valence-electron chi connectivity index (χ0n) is 8.31. The van der Waals surface area contributed by atoms with E-state index >= 15 is 0 Å². The van der Waals surface area contributed by atoms with Crippen LogP contribution in [0.5, 0.6) is 5.75 Å². The second kappa shape index (κ2) is 4.53. The first-order chi connectivity index (χ1) is 7.65. The summed E-state index contributed by atoms with van der Waals surface area (Å²) >= 11 is 3.38. The lowest BCUT2D eigenvalue weighted by Crippen LogP contribution is -2.09. The normalized spacial score (nSPS) is 10.3. The van der Waals surface area contributed by atoms with E-state index in [9.17, 15) is 4.79 Å². The molecule has 4 heteroatoms. The van der Waals surface area contributed by atoms with Crippen molar-refractivity contribution in [3.63, 3.8) is 0 Å². The van der Waals surface area contributed by atoms with Gasteiger partial charge >= 0.3 is 5.97 Å². The number of hydrogen-bond donors (Lipinski definition) is 1. The number of benzene rings is 2. The molecule has 2 aromatic carbocycles. The molecule has 0 amide bonds. The van der Waals surface area contributed by atoms with Gasteiger partial charge in [0.25, 0.3) is 0 Å². The highest BCUT2D eigenvalue weighted by atomic mass is 79.9. The highest BCUT2D eigenvalue weighted by molar-refractivity contribution is 9.10. The molecule has 0 spiro atoms. The molecule has 0 aliphatic rings. The van der Waals surface area contributed by atoms with Crippen LogP contribution in [0.15, 0.2) is 40.9 Å². The number of carboxylic acid groups (broad SMARTS) is 1. The quantitative estimate of drug-likeness (QED) is 0.940. The average Bonchev–Trinajstić information content (AvgIpc) is 2.25. The lowest BCUT2D eigenvalue weighted by molar-refractivity contribution is -0.139. The van der Waals surface area contributed by atoms with Gasteiger partial charge in [0.1, 0.15) is 5.75 Å². The molecule has 0 bridgehead atoms. The molecule has 0 heterocycles. The Balaban J connectivity index is 2.31. The van der Waals surface area contributed by atoms with Crippen molar-refractivity contribution in [3.05, 3.63) is 40.9 Å². The van der Waals surface area contributed by atoms with E-state index in [1.807, 2.05) is 30.3 Å². The van der Waals surface area contributed by atoms with Crippen molar-refractivity contribution in [3.8, 4) is 5.75 Å². The van der Waals surface area contributed by atoms with Crippen molar-refractivity contribution in [2.45, 2.75) is 0 Å². The summed E-state index contributed by atoms with van der Waals surface area (Å²) in [5, 5.41) is 10.6. The van der Waals surface area contributed by atoms with Crippen molar-refractivity contribution < 1.29 is 14.6 Å². The van der Waals surface area contributed by atoms with Crippen molar-refractivity contribution >= 4 is 32.7 Å². The van der Waals surface area contributed by atoms with Crippen molar-refractivity contribution in [1.82, 2.24) is 0 Å². The standard InChI is InChI=1S/C12H9BrO3/c13-10-3-1-8-2-4-11(6-9(8)5-10)16-7-12(14)15/h1-6H,7H2,(H,14,15). The summed E-state index contributed by atoms with van der Waals surface area (Å²) in [4.78, 5) is 10.4. The first-order valence-electron chi connectivity index (χ1n) is 4.69. The number of rotatable bonds is 3. The SMILES string of the molecule is O=C(O)COc1ccc2ccc(Br)cc2c1. The van der Waals surface area contributed by atoms with E-state index in [1.165, 1.54) is 0 Å². The Morgan fingerprint density at radius 3 is 2.69 bits per heavy atom. The molecule has 0 aromatic heterocycles. The van der Waals surface area contributed by atoms with Crippen LogP contribution in [0, 0.1) is 0 Å². The Morgan fingerprint density at radius 1 is 1.19 bits per heavy atom. The third kappa shape index (κ3) is 2.52. The van der Waals surface area contributed by atoms with Crippen LogP contribution in [-0.2, 0) is 4.79 Å². The lowest BCUT2D eigenvalue weighted by Gasteiger charge is -2.05. The minimum absolute atomic E-state index is 0.320. The van der Waals surface area contributed by atoms with Crippen molar-refractivity contribution in [2.24, 2.45) is 0 Å². The monoisotopic (exact) mass is 280 g/mol. The van der Waals surface area contributed by atoms with Crippen LogP contribution in [0.4, 0.5) is 0 Å². The largest absolute Gasteiger partial charge is 0.482 e. The minimum Gasteiger partial charge on any atom is -0.482 e. The number of carbonyl (C=O) groups is 1. The Hall–Kier alpha value is -1.55. The molecule has 0 saturated heterocycles. The molecule has 2 rings (SSSR count). The predicted octanol–water partition coefficient (Wildman–Crippen LogP) is 3.07. The average molecular weight is 281 g/mol. The van der Waals surface area contributed by atoms with Gasteiger partial charge in [-0.1, -0.05) is 28.1 Å². The molecule has 0 saturated carbocycles. The second-order valence-electron chi connectivity index (χ2n) is 3.34. The second-order valence-corrected chi connectivity index (χ2v) is 4.25. The minimum atomic E-state index is -0.977. The number of hydrogen-bond acceptors (Lipinski definition) is 2. The van der Waals surface area contributed by atoms with Crippen molar-refractivity contribution in [1.29, 1.82) is 0 Å². The van der Waals surface area contributed by atoms with Gasteiger partial charge in [0, 0.05) is 4.47 Å². The number of carboxylic acids is 1. The fourth-order valence-electron chi connectivity index (χ4n) is 1.43. The van der Waals surface area contributed by atoms with Gasteiger partial charge in [0.15, 0.2) is 6.61 Å². The maximum Gasteiger partial charge on any atom is 0.341 e. The van der Waals surface area contributed by atoms with E-state index in [0.717, 1.165) is 15.2 Å². The van der Waals surface area contributed by atoms with Gasteiger partial charge < -0.3 is 9.84 Å². The van der Waals surface area contributed by atoms with Gasteiger partial charge in [-0.3, -0.25) is 0 Å². The van der Waals surface area contributed by atoms with Gasteiger partial charge in [-0.15, -0.1) is 0 Å². The van der Waals surface area contributed by atoms with Crippen LogP contribution in [0.3, 0.4) is 0 Å². The summed E-state index contributed by atoms with van der Waals surface area (Å²) in [5.74, 6) is -0.415. The molecule has 82 valence electrons. The van der Waals surface area contributed by atoms with E-state index in [0.29, 0.717) is 5.75 Å². The summed E-state index contributed by atoms with van der Waals surface area (Å²) in [6.45, 7) is -0.320. The van der Waals surface area contributed by atoms with Crippen LogP contribution >= 0.6 is 15.9 Å². The maximum absolute atomic E-state index is 10.4. The Labute approximate surface area is 101 Å². The van der Waals surface area contributed by atoms with E-state index < -0.39 is 5.97 Å². The molecule has 0 unspecified atom stereocenters. The zero-order valence-corrected chi connectivity index (χ0v) is 9.90. The molecule has 0 aliphatic heterocycles. The maximum atomic E-state index is 10.4. The topological polar surface area (TPSA) is 46.5 Å². The van der Waals surface area contributed by atoms with Crippen LogP contribution in [0.1, 0.15) is 0 Å². The van der Waals surface area contributed by atoms with Gasteiger partial charge in [0.05, 0.1) is 0 Å². The molecule has 1 N–H and O–H groups in total. The zero-order chi connectivity index (χ0) is 11.5. The third-order valence-corrected chi connectivity index (χ3v) is 2.63. The summed E-state index contributed by atoms with van der Waals surface area (Å²) in [7, 11) is 0. The van der Waals surface area contributed by atoms with Gasteiger partial charge in [0.2, 0.25) is 0 Å². The van der Waals surface area contributed by atoms with E-state index in [1.54, 1.807) is 6.07 Å². The van der Waals surface area contributed by atoms with Gasteiger partial charge in [-0.25, -0.2) is 4.79 Å². The fourth-order valence-corrected chi connectivity index (χ4v) is 1.81. The summed E-state index contributed by atoms with van der Waals surface area (Å²) in [6, 6.07) is 11.4. The molecule has 0 atom stereocenters. The summed E-state index contributed by atoms with van der Waals surface area (Å²) < 4.78 is 6.08. The fraction of sp³-hybridized carbons (Fsp3) is 0.0833. The van der Waals surface area contributed by atoms with Crippen LogP contribution in [0.2, 0.25) is 0 Å². The smallest absolute Gasteiger partial charge is 0.341 e. The molecule has 0 radical (unpaired) electrons. The molecular weight excluding hydrogens is 272 g/mol. The number of aliphatic carboxylic acids is 1. The molecule has 0 aliphatic carbocycles.